The Morgan fingerprint density at radius 1 is 1.42 bits per heavy atom. The zero-order valence-corrected chi connectivity index (χ0v) is 6.88. The first kappa shape index (κ1) is 8.65. The summed E-state index contributed by atoms with van der Waals surface area (Å²) < 4.78 is 0. The summed E-state index contributed by atoms with van der Waals surface area (Å²) in [6.45, 7) is 0. The topological polar surface area (TPSA) is 55.0 Å². The van der Waals surface area contributed by atoms with Gasteiger partial charge in [-0.15, -0.1) is 0 Å². The Bertz CT molecular complexity index is 339. The molecular weight excluding hydrogens is 176 g/mol. The first-order chi connectivity index (χ1) is 5.74. The highest BCUT2D eigenvalue weighted by Gasteiger charge is 2.06. The summed E-state index contributed by atoms with van der Waals surface area (Å²) >= 11 is 5.61. The van der Waals surface area contributed by atoms with E-state index in [2.05, 4.69) is 4.79 Å². The van der Waals surface area contributed by atoms with Gasteiger partial charge in [-0.05, 0) is 24.3 Å². The van der Waals surface area contributed by atoms with Crippen molar-refractivity contribution in [3.8, 4) is 0 Å². The molecule has 0 radical (unpaired) electrons. The van der Waals surface area contributed by atoms with Crippen LogP contribution in [0.4, 0.5) is 0 Å². The Hall–Kier alpha value is -1.44. The second-order valence-corrected chi connectivity index (χ2v) is 2.57. The number of rotatable bonds is 2. The van der Waals surface area contributed by atoms with Crippen molar-refractivity contribution in [1.82, 2.24) is 0 Å². The molecule has 0 bridgehead atoms. The average molecular weight is 182 g/mol. The fraction of sp³-hybridized carbons (Fsp3) is 0. The van der Waals surface area contributed by atoms with Crippen LogP contribution in [0.2, 0.25) is 5.02 Å². The minimum Gasteiger partial charge on any atom is -0.281 e. The van der Waals surface area contributed by atoms with Gasteiger partial charge >= 0.3 is 6.21 Å². The number of Topliss-reactive ketones (excluding diaryl/α,β-unsaturated/α-hetero) is 1. The molecule has 1 rings (SSSR count). The molecule has 4 heteroatoms. The van der Waals surface area contributed by atoms with Crippen molar-refractivity contribution in [1.29, 1.82) is 5.53 Å². The summed E-state index contributed by atoms with van der Waals surface area (Å²) in [5, 5.41) is 0.578. The molecule has 0 unspecified atom stereocenters. The molecule has 0 aromatic heterocycles. The van der Waals surface area contributed by atoms with E-state index >= 15 is 0 Å². The number of nitrogens with one attached hydrogen (secondary N) is 1. The standard InChI is InChI=1S/C8H6ClN2O/c9-7-3-1-6(2-4-7)8(12)5-11-10/h1-5,10H/q+1. The Balaban J connectivity index is 2.97. The molecule has 0 aliphatic rings. The summed E-state index contributed by atoms with van der Waals surface area (Å²) in [5.41, 5.74) is 6.93. The fourth-order valence-corrected chi connectivity index (χ4v) is 0.873. The number of hydrogen-bond donors (Lipinski definition) is 1. The minimum atomic E-state index is -0.290. The third-order valence-electron chi connectivity index (χ3n) is 1.31. The molecule has 1 aromatic rings. The molecule has 0 spiro atoms. The lowest BCUT2D eigenvalue weighted by Crippen LogP contribution is -1.99. The smallest absolute Gasteiger partial charge is 0.281 e. The van der Waals surface area contributed by atoms with E-state index in [0.717, 1.165) is 6.21 Å². The molecule has 60 valence electrons. The van der Waals surface area contributed by atoms with Gasteiger partial charge in [0.05, 0.1) is 10.3 Å². The zero-order valence-electron chi connectivity index (χ0n) is 6.12. The van der Waals surface area contributed by atoms with Crippen LogP contribution in [-0.2, 0) is 0 Å². The van der Waals surface area contributed by atoms with Crippen molar-refractivity contribution in [2.45, 2.75) is 0 Å². The number of carbonyl (C=O) groups excluding carboxylic acids is 1. The van der Waals surface area contributed by atoms with Crippen molar-refractivity contribution >= 4 is 23.6 Å². The quantitative estimate of drug-likeness (QED) is 0.322. The highest BCUT2D eigenvalue weighted by Crippen LogP contribution is 2.09. The second kappa shape index (κ2) is 3.81. The van der Waals surface area contributed by atoms with Crippen molar-refractivity contribution in [2.24, 2.45) is 0 Å². The fourth-order valence-electron chi connectivity index (χ4n) is 0.747. The predicted molar refractivity (Wildman–Crippen MR) is 44.8 cm³/mol. The maximum atomic E-state index is 11.0. The third-order valence-corrected chi connectivity index (χ3v) is 1.56. The highest BCUT2D eigenvalue weighted by atomic mass is 35.5. The number of carbonyl (C=O) groups is 1. The zero-order chi connectivity index (χ0) is 8.97. The second-order valence-electron chi connectivity index (χ2n) is 2.13. The van der Waals surface area contributed by atoms with Crippen LogP contribution in [0.3, 0.4) is 0 Å². The monoisotopic (exact) mass is 181 g/mol. The lowest BCUT2D eigenvalue weighted by molar-refractivity contribution is -0.111. The molecule has 0 saturated carbocycles. The number of hydrogen-bond acceptors (Lipinski definition) is 2. The van der Waals surface area contributed by atoms with Gasteiger partial charge in [-0.2, -0.15) is 0 Å². The van der Waals surface area contributed by atoms with Crippen LogP contribution in [0.5, 0.6) is 0 Å². The molecule has 1 aromatic carbocycles. The number of ketones is 1. The molecule has 0 saturated heterocycles. The van der Waals surface area contributed by atoms with E-state index < -0.39 is 0 Å². The Morgan fingerprint density at radius 3 is 2.50 bits per heavy atom. The van der Waals surface area contributed by atoms with Gasteiger partial charge in [0.1, 0.15) is 0 Å². The van der Waals surface area contributed by atoms with Gasteiger partial charge in [0.25, 0.3) is 5.78 Å². The summed E-state index contributed by atoms with van der Waals surface area (Å²) in [7, 11) is 0. The van der Waals surface area contributed by atoms with E-state index in [4.69, 9.17) is 17.1 Å². The predicted octanol–water partition coefficient (Wildman–Crippen LogP) is 1.83. The van der Waals surface area contributed by atoms with Crippen molar-refractivity contribution in [2.75, 3.05) is 0 Å². The number of nitrogens with zero attached hydrogens (tertiary/aromatic N) is 1. The molecular formula is C8H6ClN2O+. The van der Waals surface area contributed by atoms with Crippen LogP contribution in [0.1, 0.15) is 10.4 Å². The van der Waals surface area contributed by atoms with Gasteiger partial charge in [0.2, 0.25) is 0 Å². The van der Waals surface area contributed by atoms with Crippen LogP contribution < -0.4 is 0 Å². The van der Waals surface area contributed by atoms with E-state index in [-0.39, 0.29) is 5.78 Å². The van der Waals surface area contributed by atoms with Gasteiger partial charge in [0, 0.05) is 10.6 Å². The Morgan fingerprint density at radius 2 is 2.00 bits per heavy atom. The molecule has 3 nitrogen and oxygen atoms in total. The van der Waals surface area contributed by atoms with Crippen LogP contribution in [-0.4, -0.2) is 16.8 Å². The SMILES string of the molecule is N=[N+]=CC(=O)c1ccc(Cl)cc1. The molecule has 12 heavy (non-hydrogen) atoms. The largest absolute Gasteiger partial charge is 0.377 e. The van der Waals surface area contributed by atoms with E-state index in [1.807, 2.05) is 0 Å². The lowest BCUT2D eigenvalue weighted by Gasteiger charge is -1.90. The van der Waals surface area contributed by atoms with Crippen LogP contribution >= 0.6 is 11.6 Å². The summed E-state index contributed by atoms with van der Waals surface area (Å²) in [4.78, 5) is 13.9. The van der Waals surface area contributed by atoms with E-state index in [9.17, 15) is 4.79 Å². The first-order valence-electron chi connectivity index (χ1n) is 3.23. The molecule has 0 fully saturated rings. The van der Waals surface area contributed by atoms with Crippen molar-refractivity contribution < 1.29 is 9.58 Å². The highest BCUT2D eigenvalue weighted by molar-refractivity contribution is 6.34. The summed E-state index contributed by atoms with van der Waals surface area (Å²) in [6.07, 6.45) is 0.948. The summed E-state index contributed by atoms with van der Waals surface area (Å²) in [5.74, 6) is -0.290. The van der Waals surface area contributed by atoms with Crippen molar-refractivity contribution in [3.63, 3.8) is 0 Å². The molecule has 0 heterocycles. The molecule has 1 N–H and O–H groups in total. The van der Waals surface area contributed by atoms with Gasteiger partial charge in [-0.3, -0.25) is 4.79 Å². The third kappa shape index (κ3) is 2.02. The molecule has 0 atom stereocenters. The van der Waals surface area contributed by atoms with E-state index in [1.54, 1.807) is 24.3 Å². The lowest BCUT2D eigenvalue weighted by atomic mass is 10.1. The van der Waals surface area contributed by atoms with Crippen molar-refractivity contribution in [3.05, 3.63) is 34.9 Å². The maximum absolute atomic E-state index is 11.0. The van der Waals surface area contributed by atoms with Crippen LogP contribution in [0.15, 0.2) is 24.3 Å². The normalized spacial score (nSPS) is 8.75. The van der Waals surface area contributed by atoms with Gasteiger partial charge < -0.3 is 0 Å². The average Bonchev–Trinajstić information content (AvgIpc) is 2.06. The Labute approximate surface area is 74.2 Å². The maximum Gasteiger partial charge on any atom is 0.377 e. The van der Waals surface area contributed by atoms with Crippen LogP contribution in [0.25, 0.3) is 0 Å². The van der Waals surface area contributed by atoms with Gasteiger partial charge in [-0.25, -0.2) is 0 Å². The van der Waals surface area contributed by atoms with E-state index in [0.29, 0.717) is 10.6 Å². The molecule has 0 aliphatic heterocycles. The van der Waals surface area contributed by atoms with Gasteiger partial charge in [-0.1, -0.05) is 11.6 Å². The summed E-state index contributed by atoms with van der Waals surface area (Å²) in [6, 6.07) is 6.41. The number of halogens is 1. The van der Waals surface area contributed by atoms with E-state index in [1.165, 1.54) is 0 Å². The van der Waals surface area contributed by atoms with Crippen LogP contribution in [0, 0.1) is 5.53 Å². The molecule has 0 aliphatic carbocycles. The Kier molecular flexibility index (Phi) is 2.75. The first-order valence-corrected chi connectivity index (χ1v) is 3.61. The number of benzene rings is 1. The minimum absolute atomic E-state index is 0.290. The molecule has 0 amide bonds. The van der Waals surface area contributed by atoms with Gasteiger partial charge in [0.15, 0.2) is 0 Å².